The number of nitrogens with zero attached hydrogens (tertiary/aromatic N) is 1. The van der Waals surface area contributed by atoms with E-state index in [4.69, 9.17) is 0 Å². The molecule has 0 saturated carbocycles. The lowest BCUT2D eigenvalue weighted by Gasteiger charge is -2.36. The van der Waals surface area contributed by atoms with E-state index in [1.165, 1.54) is 25.1 Å². The van der Waals surface area contributed by atoms with Crippen molar-refractivity contribution in [3.63, 3.8) is 0 Å². The molecule has 0 bridgehead atoms. The van der Waals surface area contributed by atoms with Crippen LogP contribution in [0.1, 0.15) is 19.8 Å². The van der Waals surface area contributed by atoms with Gasteiger partial charge in [-0.2, -0.15) is 0 Å². The molecule has 1 aromatic rings. The molecule has 0 fully saturated rings. The Bertz CT molecular complexity index is 276. The first-order chi connectivity index (χ1) is 7.05. The van der Waals surface area contributed by atoms with E-state index in [0.29, 0.717) is 0 Å². The summed E-state index contributed by atoms with van der Waals surface area (Å²) in [5.74, 6) is 0. The molecule has 1 rings (SSSR count). The van der Waals surface area contributed by atoms with Gasteiger partial charge in [0.25, 0.3) is 0 Å². The lowest BCUT2D eigenvalue weighted by atomic mass is 10.3. The average molecular weight is 221 g/mol. The summed E-state index contributed by atoms with van der Waals surface area (Å²) >= 11 is 0. The Kier molecular flexibility index (Phi) is 4.39. The molecule has 0 radical (unpaired) electrons. The molecular weight excluding hydrogens is 198 g/mol. The normalized spacial score (nSPS) is 11.5. The molecule has 15 heavy (non-hydrogen) atoms. The van der Waals surface area contributed by atoms with Crippen LogP contribution in [0.15, 0.2) is 30.3 Å². The molecule has 0 N–H and O–H groups in total. The second-order valence-electron chi connectivity index (χ2n) is 5.01. The minimum atomic E-state index is -1.23. The smallest absolute Gasteiger partial charge is 0.147 e. The Morgan fingerprint density at radius 2 is 1.67 bits per heavy atom. The van der Waals surface area contributed by atoms with Gasteiger partial charge in [-0.25, -0.2) is 0 Å². The highest BCUT2D eigenvalue weighted by molar-refractivity contribution is 6.79. The molecule has 0 heterocycles. The molecule has 0 unspecified atom stereocenters. The quantitative estimate of drug-likeness (QED) is 0.676. The molecule has 0 saturated heterocycles. The Hall–Kier alpha value is -0.763. The summed E-state index contributed by atoms with van der Waals surface area (Å²) in [4.78, 5) is 0. The maximum atomic E-state index is 2.62. The SMILES string of the molecule is CCCCN(c1ccccc1)[Si](C)(C)C. The number of unbranched alkanes of at least 4 members (excludes halogenated alkanes) is 1. The first-order valence-corrected chi connectivity index (χ1v) is 9.33. The van der Waals surface area contributed by atoms with Crippen molar-refractivity contribution < 1.29 is 0 Å². The molecule has 0 atom stereocenters. The second-order valence-corrected chi connectivity index (χ2v) is 9.89. The van der Waals surface area contributed by atoms with E-state index in [2.05, 4.69) is 61.5 Å². The van der Waals surface area contributed by atoms with E-state index < -0.39 is 8.24 Å². The van der Waals surface area contributed by atoms with Crippen LogP contribution in [0.5, 0.6) is 0 Å². The van der Waals surface area contributed by atoms with Crippen molar-refractivity contribution in [3.05, 3.63) is 30.3 Å². The van der Waals surface area contributed by atoms with Gasteiger partial charge in [-0.15, -0.1) is 0 Å². The van der Waals surface area contributed by atoms with Crippen LogP contribution in [0, 0.1) is 0 Å². The zero-order valence-corrected chi connectivity index (χ0v) is 11.5. The summed E-state index contributed by atoms with van der Waals surface area (Å²) in [6, 6.07) is 10.8. The third kappa shape index (κ3) is 3.71. The van der Waals surface area contributed by atoms with Crippen molar-refractivity contribution >= 4 is 13.9 Å². The first kappa shape index (κ1) is 12.3. The fraction of sp³-hybridized carbons (Fsp3) is 0.538. The predicted octanol–water partition coefficient (Wildman–Crippen LogP) is 4.13. The van der Waals surface area contributed by atoms with E-state index in [1.807, 2.05) is 0 Å². The second kappa shape index (κ2) is 5.36. The van der Waals surface area contributed by atoms with Crippen LogP contribution in [0.25, 0.3) is 0 Å². The van der Waals surface area contributed by atoms with Crippen LogP contribution in [-0.2, 0) is 0 Å². The molecular formula is C13H23NSi. The summed E-state index contributed by atoms with van der Waals surface area (Å²) in [5, 5.41) is 0. The molecule has 1 aromatic carbocycles. The van der Waals surface area contributed by atoms with Gasteiger partial charge in [-0.1, -0.05) is 51.2 Å². The number of benzene rings is 1. The monoisotopic (exact) mass is 221 g/mol. The van der Waals surface area contributed by atoms with Crippen LogP contribution in [0.4, 0.5) is 5.69 Å². The zero-order valence-electron chi connectivity index (χ0n) is 10.5. The molecule has 84 valence electrons. The summed E-state index contributed by atoms with van der Waals surface area (Å²) < 4.78 is 2.62. The van der Waals surface area contributed by atoms with Gasteiger partial charge in [0.15, 0.2) is 0 Å². The van der Waals surface area contributed by atoms with E-state index >= 15 is 0 Å². The van der Waals surface area contributed by atoms with E-state index in [1.54, 1.807) is 0 Å². The highest BCUT2D eigenvalue weighted by Crippen LogP contribution is 2.21. The molecule has 0 aliphatic heterocycles. The number of hydrogen-bond acceptors (Lipinski definition) is 1. The van der Waals surface area contributed by atoms with E-state index in [9.17, 15) is 0 Å². The topological polar surface area (TPSA) is 3.24 Å². The fourth-order valence-corrected chi connectivity index (χ4v) is 3.53. The lowest BCUT2D eigenvalue weighted by molar-refractivity contribution is 0.795. The summed E-state index contributed by atoms with van der Waals surface area (Å²) in [7, 11) is -1.23. The predicted molar refractivity (Wildman–Crippen MR) is 72.0 cm³/mol. The number of hydrogen-bond donors (Lipinski definition) is 0. The molecule has 0 aromatic heterocycles. The molecule has 0 spiro atoms. The van der Waals surface area contributed by atoms with Gasteiger partial charge >= 0.3 is 0 Å². The maximum Gasteiger partial charge on any atom is 0.147 e. The standard InChI is InChI=1S/C13H23NSi/c1-5-6-12-14(15(2,3)4)13-10-8-7-9-11-13/h7-11H,5-6,12H2,1-4H3. The third-order valence-electron chi connectivity index (χ3n) is 2.61. The van der Waals surface area contributed by atoms with Gasteiger partial charge in [-0.3, -0.25) is 0 Å². The third-order valence-corrected chi connectivity index (χ3v) is 4.71. The van der Waals surface area contributed by atoms with Gasteiger partial charge in [0, 0.05) is 12.2 Å². The minimum Gasteiger partial charge on any atom is -0.398 e. The highest BCUT2D eigenvalue weighted by atomic mass is 28.3. The highest BCUT2D eigenvalue weighted by Gasteiger charge is 2.23. The van der Waals surface area contributed by atoms with Crippen molar-refractivity contribution in [1.29, 1.82) is 0 Å². The number of para-hydroxylation sites is 1. The van der Waals surface area contributed by atoms with Gasteiger partial charge < -0.3 is 4.57 Å². The van der Waals surface area contributed by atoms with Crippen molar-refractivity contribution in [2.24, 2.45) is 0 Å². The van der Waals surface area contributed by atoms with Gasteiger partial charge in [0.2, 0.25) is 0 Å². The molecule has 2 heteroatoms. The van der Waals surface area contributed by atoms with Crippen LogP contribution >= 0.6 is 0 Å². The van der Waals surface area contributed by atoms with Gasteiger partial charge in [0.1, 0.15) is 8.24 Å². The van der Waals surface area contributed by atoms with Gasteiger partial charge in [0.05, 0.1) is 0 Å². The maximum absolute atomic E-state index is 2.62. The summed E-state index contributed by atoms with van der Waals surface area (Å²) in [6.45, 7) is 10.7. The Labute approximate surface area is 95.2 Å². The fourth-order valence-electron chi connectivity index (χ4n) is 1.78. The molecule has 1 nitrogen and oxygen atoms in total. The number of anilines is 1. The lowest BCUT2D eigenvalue weighted by Crippen LogP contribution is -2.46. The molecule has 0 aliphatic rings. The Balaban J connectivity index is 2.82. The largest absolute Gasteiger partial charge is 0.398 e. The molecule has 0 amide bonds. The summed E-state index contributed by atoms with van der Waals surface area (Å²) in [6.07, 6.45) is 2.56. The van der Waals surface area contributed by atoms with Crippen molar-refractivity contribution in [3.8, 4) is 0 Å². The number of rotatable bonds is 5. The van der Waals surface area contributed by atoms with E-state index in [0.717, 1.165) is 0 Å². The van der Waals surface area contributed by atoms with E-state index in [-0.39, 0.29) is 0 Å². The van der Waals surface area contributed by atoms with Crippen LogP contribution in [0.2, 0.25) is 19.6 Å². The Morgan fingerprint density at radius 3 is 2.13 bits per heavy atom. The molecule has 0 aliphatic carbocycles. The van der Waals surface area contributed by atoms with Crippen molar-refractivity contribution in [2.45, 2.75) is 39.4 Å². The summed E-state index contributed by atoms with van der Waals surface area (Å²) in [5.41, 5.74) is 1.39. The van der Waals surface area contributed by atoms with Crippen LogP contribution in [0.3, 0.4) is 0 Å². The first-order valence-electron chi connectivity index (χ1n) is 5.88. The minimum absolute atomic E-state index is 1.20. The zero-order chi connectivity index (χ0) is 11.3. The average Bonchev–Trinajstić information content (AvgIpc) is 2.18. The van der Waals surface area contributed by atoms with Crippen LogP contribution < -0.4 is 4.57 Å². The Morgan fingerprint density at radius 1 is 1.07 bits per heavy atom. The van der Waals surface area contributed by atoms with Crippen molar-refractivity contribution in [1.82, 2.24) is 0 Å². The van der Waals surface area contributed by atoms with Crippen molar-refractivity contribution in [2.75, 3.05) is 11.1 Å². The van der Waals surface area contributed by atoms with Gasteiger partial charge in [-0.05, 0) is 18.6 Å². The van der Waals surface area contributed by atoms with Crippen LogP contribution in [-0.4, -0.2) is 14.8 Å².